The van der Waals surface area contributed by atoms with Crippen molar-refractivity contribution in [3.05, 3.63) is 47.7 Å². The van der Waals surface area contributed by atoms with Crippen LogP contribution in [0.2, 0.25) is 0 Å². The number of ether oxygens (including phenoxy) is 1. The van der Waals surface area contributed by atoms with Gasteiger partial charge in [-0.05, 0) is 36.8 Å². The molecule has 0 aliphatic rings. The number of aryl methyl sites for hydroxylation is 1. The summed E-state index contributed by atoms with van der Waals surface area (Å²) < 4.78 is 28.4. The van der Waals surface area contributed by atoms with Gasteiger partial charge < -0.3 is 9.84 Å². The monoisotopic (exact) mass is 307 g/mol. The summed E-state index contributed by atoms with van der Waals surface area (Å²) in [4.78, 5) is 15.2. The first-order chi connectivity index (χ1) is 9.79. The van der Waals surface area contributed by atoms with E-state index in [-0.39, 0.29) is 22.1 Å². The lowest BCUT2D eigenvalue weighted by atomic mass is 10.1. The SMILES string of the molecule is Cc1ccnc(Oc2cccc(S(C)(=O)=O)c2)c1C(=O)O. The van der Waals surface area contributed by atoms with Gasteiger partial charge in [-0.25, -0.2) is 18.2 Å². The molecular weight excluding hydrogens is 294 g/mol. The highest BCUT2D eigenvalue weighted by Crippen LogP contribution is 2.26. The van der Waals surface area contributed by atoms with E-state index in [1.807, 2.05) is 0 Å². The van der Waals surface area contributed by atoms with E-state index in [1.165, 1.54) is 30.5 Å². The average molecular weight is 307 g/mol. The number of aromatic nitrogens is 1. The van der Waals surface area contributed by atoms with Crippen molar-refractivity contribution >= 4 is 15.8 Å². The molecule has 0 atom stereocenters. The highest BCUT2D eigenvalue weighted by Gasteiger charge is 2.17. The van der Waals surface area contributed by atoms with Crippen molar-refractivity contribution in [1.29, 1.82) is 0 Å². The molecule has 0 amide bonds. The summed E-state index contributed by atoms with van der Waals surface area (Å²) >= 11 is 0. The Morgan fingerprint density at radius 2 is 2.00 bits per heavy atom. The molecule has 6 nitrogen and oxygen atoms in total. The van der Waals surface area contributed by atoms with E-state index in [1.54, 1.807) is 13.0 Å². The van der Waals surface area contributed by atoms with Gasteiger partial charge in [0.05, 0.1) is 4.90 Å². The number of sulfone groups is 1. The number of aromatic carboxylic acids is 1. The van der Waals surface area contributed by atoms with Crippen LogP contribution in [0.25, 0.3) is 0 Å². The highest BCUT2D eigenvalue weighted by atomic mass is 32.2. The Morgan fingerprint density at radius 3 is 2.62 bits per heavy atom. The molecule has 0 radical (unpaired) electrons. The Labute approximate surface area is 121 Å². The van der Waals surface area contributed by atoms with Crippen LogP contribution in [0.15, 0.2) is 41.4 Å². The van der Waals surface area contributed by atoms with Gasteiger partial charge in [-0.15, -0.1) is 0 Å². The van der Waals surface area contributed by atoms with Crippen molar-refractivity contribution in [3.63, 3.8) is 0 Å². The summed E-state index contributed by atoms with van der Waals surface area (Å²) in [6, 6.07) is 7.37. The Kier molecular flexibility index (Phi) is 3.95. The van der Waals surface area contributed by atoms with Crippen LogP contribution in [0.5, 0.6) is 11.6 Å². The highest BCUT2D eigenvalue weighted by molar-refractivity contribution is 7.90. The van der Waals surface area contributed by atoms with Crippen molar-refractivity contribution < 1.29 is 23.1 Å². The van der Waals surface area contributed by atoms with E-state index < -0.39 is 15.8 Å². The number of hydrogen-bond donors (Lipinski definition) is 1. The molecule has 1 N–H and O–H groups in total. The zero-order valence-corrected chi connectivity index (χ0v) is 12.2. The molecule has 1 aromatic carbocycles. The van der Waals surface area contributed by atoms with Gasteiger partial charge in [-0.3, -0.25) is 0 Å². The predicted octanol–water partition coefficient (Wildman–Crippen LogP) is 2.28. The molecule has 1 aromatic heterocycles. The fourth-order valence-electron chi connectivity index (χ4n) is 1.75. The van der Waals surface area contributed by atoms with Gasteiger partial charge in [0, 0.05) is 12.5 Å². The molecule has 0 saturated heterocycles. The summed E-state index contributed by atoms with van der Waals surface area (Å²) in [5.41, 5.74) is 0.453. The lowest BCUT2D eigenvalue weighted by molar-refractivity contribution is 0.0692. The van der Waals surface area contributed by atoms with Gasteiger partial charge in [-0.2, -0.15) is 0 Å². The third-order valence-corrected chi connectivity index (χ3v) is 3.90. The first-order valence-electron chi connectivity index (χ1n) is 5.96. The van der Waals surface area contributed by atoms with Crippen LogP contribution in [0.4, 0.5) is 0 Å². The Balaban J connectivity index is 2.44. The largest absolute Gasteiger partial charge is 0.477 e. The lowest BCUT2D eigenvalue weighted by Gasteiger charge is -2.10. The van der Waals surface area contributed by atoms with E-state index >= 15 is 0 Å². The summed E-state index contributed by atoms with van der Waals surface area (Å²) in [6.07, 6.45) is 2.51. The summed E-state index contributed by atoms with van der Waals surface area (Å²) in [7, 11) is -3.37. The van der Waals surface area contributed by atoms with Crippen LogP contribution >= 0.6 is 0 Å². The Bertz CT molecular complexity index is 799. The molecule has 110 valence electrons. The number of pyridine rings is 1. The summed E-state index contributed by atoms with van der Waals surface area (Å²) in [5.74, 6) is -1.03. The molecule has 0 aliphatic heterocycles. The number of rotatable bonds is 4. The number of carboxylic acid groups (broad SMARTS) is 1. The van der Waals surface area contributed by atoms with Crippen LogP contribution in [-0.2, 0) is 9.84 Å². The quantitative estimate of drug-likeness (QED) is 0.931. The van der Waals surface area contributed by atoms with Crippen LogP contribution in [0, 0.1) is 6.92 Å². The standard InChI is InChI=1S/C14H13NO5S/c1-9-6-7-15-13(12(9)14(16)17)20-10-4-3-5-11(8-10)21(2,18)19/h3-8H,1-2H3,(H,16,17). The van der Waals surface area contributed by atoms with E-state index in [2.05, 4.69) is 4.98 Å². The molecule has 7 heteroatoms. The maximum atomic E-state index is 11.5. The Hall–Kier alpha value is -2.41. The van der Waals surface area contributed by atoms with Crippen LogP contribution in [-0.4, -0.2) is 30.7 Å². The fourth-order valence-corrected chi connectivity index (χ4v) is 2.41. The van der Waals surface area contributed by atoms with Crippen molar-refractivity contribution in [2.45, 2.75) is 11.8 Å². The molecule has 21 heavy (non-hydrogen) atoms. The first kappa shape index (κ1) is 15.0. The van der Waals surface area contributed by atoms with Crippen LogP contribution in [0.1, 0.15) is 15.9 Å². The van der Waals surface area contributed by atoms with Crippen molar-refractivity contribution in [2.24, 2.45) is 0 Å². The van der Waals surface area contributed by atoms with Gasteiger partial charge in [0.1, 0.15) is 11.3 Å². The number of nitrogens with zero attached hydrogens (tertiary/aromatic N) is 1. The molecule has 0 saturated carbocycles. The number of carboxylic acids is 1. The maximum Gasteiger partial charge on any atom is 0.341 e. The van der Waals surface area contributed by atoms with Crippen LogP contribution in [0.3, 0.4) is 0 Å². The molecule has 2 aromatic rings. The zero-order chi connectivity index (χ0) is 15.6. The molecule has 2 rings (SSSR count). The van der Waals surface area contributed by atoms with Gasteiger partial charge in [0.25, 0.3) is 0 Å². The third kappa shape index (κ3) is 3.38. The van der Waals surface area contributed by atoms with E-state index in [4.69, 9.17) is 4.74 Å². The fraction of sp³-hybridized carbons (Fsp3) is 0.143. The molecule has 0 unspecified atom stereocenters. The third-order valence-electron chi connectivity index (χ3n) is 2.79. The molecular formula is C14H13NO5S. The average Bonchev–Trinajstić information content (AvgIpc) is 2.37. The second-order valence-electron chi connectivity index (χ2n) is 4.46. The van der Waals surface area contributed by atoms with Crippen molar-refractivity contribution in [1.82, 2.24) is 4.98 Å². The van der Waals surface area contributed by atoms with Crippen molar-refractivity contribution in [2.75, 3.05) is 6.26 Å². The van der Waals surface area contributed by atoms with Crippen LogP contribution < -0.4 is 4.74 Å². The number of carbonyl (C=O) groups is 1. The topological polar surface area (TPSA) is 93.6 Å². The molecule has 0 bridgehead atoms. The second kappa shape index (κ2) is 5.53. The summed E-state index contributed by atoms with van der Waals surface area (Å²) in [5, 5.41) is 9.19. The van der Waals surface area contributed by atoms with Gasteiger partial charge in [0.15, 0.2) is 9.84 Å². The smallest absolute Gasteiger partial charge is 0.341 e. The van der Waals surface area contributed by atoms with Gasteiger partial charge in [0.2, 0.25) is 5.88 Å². The number of benzene rings is 1. The number of hydrogen-bond acceptors (Lipinski definition) is 5. The zero-order valence-electron chi connectivity index (χ0n) is 11.4. The minimum Gasteiger partial charge on any atom is -0.477 e. The predicted molar refractivity (Wildman–Crippen MR) is 75.6 cm³/mol. The summed E-state index contributed by atoms with van der Waals surface area (Å²) in [6.45, 7) is 1.63. The minimum atomic E-state index is -3.37. The molecule has 1 heterocycles. The normalized spacial score (nSPS) is 11.1. The van der Waals surface area contributed by atoms with Gasteiger partial charge in [-0.1, -0.05) is 6.07 Å². The maximum absolute atomic E-state index is 11.5. The lowest BCUT2D eigenvalue weighted by Crippen LogP contribution is -2.05. The van der Waals surface area contributed by atoms with E-state index in [0.717, 1.165) is 6.26 Å². The second-order valence-corrected chi connectivity index (χ2v) is 6.48. The van der Waals surface area contributed by atoms with Gasteiger partial charge >= 0.3 is 5.97 Å². The molecule has 0 fully saturated rings. The van der Waals surface area contributed by atoms with E-state index in [9.17, 15) is 18.3 Å². The first-order valence-corrected chi connectivity index (χ1v) is 7.85. The Morgan fingerprint density at radius 1 is 1.29 bits per heavy atom. The van der Waals surface area contributed by atoms with E-state index in [0.29, 0.717) is 5.56 Å². The molecule has 0 aliphatic carbocycles. The minimum absolute atomic E-state index is 0.0535. The molecule has 0 spiro atoms. The van der Waals surface area contributed by atoms with Crippen molar-refractivity contribution in [3.8, 4) is 11.6 Å².